The molecule has 2 fully saturated rings. The first kappa shape index (κ1) is 27.8. The highest BCUT2D eigenvalue weighted by molar-refractivity contribution is 9.10. The number of sulfone groups is 1. The molecule has 3 heterocycles. The summed E-state index contributed by atoms with van der Waals surface area (Å²) in [6, 6.07) is 8.30. The number of nitrogens with zero attached hydrogens (tertiary/aromatic N) is 5. The molecule has 2 aliphatic rings. The van der Waals surface area contributed by atoms with Crippen LogP contribution in [0.2, 0.25) is 5.02 Å². The van der Waals surface area contributed by atoms with Crippen molar-refractivity contribution in [1.29, 1.82) is 0 Å². The van der Waals surface area contributed by atoms with E-state index in [2.05, 4.69) is 36.1 Å². The molecule has 14 heteroatoms. The van der Waals surface area contributed by atoms with Gasteiger partial charge in [-0.15, -0.1) is 0 Å². The van der Waals surface area contributed by atoms with Crippen LogP contribution in [0.4, 0.5) is 10.5 Å². The summed E-state index contributed by atoms with van der Waals surface area (Å²) < 4.78 is 27.0. The molecule has 2 aliphatic heterocycles. The Labute approximate surface area is 239 Å². The van der Waals surface area contributed by atoms with Crippen molar-refractivity contribution in [3.05, 3.63) is 62.1 Å². The number of aromatic nitrogens is 2. The highest BCUT2D eigenvalue weighted by Gasteiger charge is 2.36. The summed E-state index contributed by atoms with van der Waals surface area (Å²) >= 11 is 9.72. The van der Waals surface area contributed by atoms with E-state index in [-0.39, 0.29) is 21.9 Å². The van der Waals surface area contributed by atoms with Crippen LogP contribution in [-0.4, -0.2) is 95.0 Å². The van der Waals surface area contributed by atoms with E-state index < -0.39 is 15.9 Å². The van der Waals surface area contributed by atoms with Crippen molar-refractivity contribution in [3.63, 3.8) is 0 Å². The van der Waals surface area contributed by atoms with Crippen molar-refractivity contribution in [2.24, 2.45) is 0 Å². The van der Waals surface area contributed by atoms with Gasteiger partial charge in [0.15, 0.2) is 9.84 Å². The number of carbonyl (C=O) groups is 1. The maximum absolute atomic E-state index is 13.3. The largest absolute Gasteiger partial charge is 0.465 e. The molecule has 0 aliphatic carbocycles. The second-order valence-corrected chi connectivity index (χ2v) is 13.2. The van der Waals surface area contributed by atoms with Gasteiger partial charge < -0.3 is 10.0 Å². The number of amides is 1. The smallest absolute Gasteiger partial charge is 0.407 e. The SMILES string of the molecule is CCS(=O)(=O)c1ccc(Cl)cc1Nn1cnc2cc(CN3CCN(C4CN(C(=O)O)C4)CC3)c(Br)cc2c1=O. The summed E-state index contributed by atoms with van der Waals surface area (Å²) in [5.41, 5.74) is 4.21. The van der Waals surface area contributed by atoms with Crippen LogP contribution in [0.25, 0.3) is 10.9 Å². The standard InChI is InChI=1S/C25H28BrClN6O5S/c1-2-39(37,38)23-4-3-17(27)10-22(23)29-33-15-28-21-9-16(20(26)11-19(21)24(33)34)12-30-5-7-31(8-6-30)18-13-32(14-18)25(35)36/h3-4,9-11,15,18,29H,2,5-8,12-14H2,1H3,(H,35,36). The third kappa shape index (κ3) is 5.78. The molecule has 2 N–H and O–H groups in total. The molecule has 11 nitrogen and oxygen atoms in total. The molecule has 3 aromatic rings. The van der Waals surface area contributed by atoms with Crippen molar-refractivity contribution in [3.8, 4) is 0 Å². The van der Waals surface area contributed by atoms with E-state index in [4.69, 9.17) is 16.7 Å². The van der Waals surface area contributed by atoms with Crippen LogP contribution < -0.4 is 11.0 Å². The summed E-state index contributed by atoms with van der Waals surface area (Å²) in [7, 11) is -3.56. The minimum absolute atomic E-state index is 0.0505. The first-order chi connectivity index (χ1) is 18.6. The number of rotatable bonds is 7. The maximum atomic E-state index is 13.3. The molecule has 0 radical (unpaired) electrons. The van der Waals surface area contributed by atoms with Gasteiger partial charge >= 0.3 is 6.09 Å². The topological polar surface area (TPSA) is 128 Å². The summed E-state index contributed by atoms with van der Waals surface area (Å²) in [5, 5.41) is 9.76. The average molecular weight is 640 g/mol. The number of carboxylic acid groups (broad SMARTS) is 1. The van der Waals surface area contributed by atoms with Crippen LogP contribution in [0.5, 0.6) is 0 Å². The zero-order valence-corrected chi connectivity index (χ0v) is 24.3. The van der Waals surface area contributed by atoms with E-state index >= 15 is 0 Å². The maximum Gasteiger partial charge on any atom is 0.407 e. The van der Waals surface area contributed by atoms with Gasteiger partial charge in [0.1, 0.15) is 6.33 Å². The van der Waals surface area contributed by atoms with Crippen molar-refractivity contribution in [2.75, 3.05) is 50.4 Å². The molecule has 0 bridgehead atoms. The first-order valence-corrected chi connectivity index (χ1v) is 15.3. The predicted molar refractivity (Wildman–Crippen MR) is 152 cm³/mol. The summed E-state index contributed by atoms with van der Waals surface area (Å²) in [5.74, 6) is -0.0944. The fourth-order valence-corrected chi connectivity index (χ4v) is 6.57. The van der Waals surface area contributed by atoms with E-state index in [1.807, 2.05) is 6.07 Å². The van der Waals surface area contributed by atoms with Gasteiger partial charge in [-0.05, 0) is 35.9 Å². The Balaban J connectivity index is 1.31. The van der Waals surface area contributed by atoms with Crippen LogP contribution in [0.3, 0.4) is 0 Å². The summed E-state index contributed by atoms with van der Waals surface area (Å²) in [6.45, 7) is 6.82. The van der Waals surface area contributed by atoms with Gasteiger partial charge in [0.25, 0.3) is 5.56 Å². The van der Waals surface area contributed by atoms with Crippen molar-refractivity contribution < 1.29 is 18.3 Å². The Morgan fingerprint density at radius 1 is 1.18 bits per heavy atom. The molecular weight excluding hydrogens is 612 g/mol. The van der Waals surface area contributed by atoms with Crippen LogP contribution in [0.1, 0.15) is 12.5 Å². The van der Waals surface area contributed by atoms with E-state index in [9.17, 15) is 18.0 Å². The normalized spacial score (nSPS) is 17.4. The second kappa shape index (κ2) is 11.0. The molecule has 0 unspecified atom stereocenters. The third-order valence-corrected chi connectivity index (χ3v) is 10.0. The Morgan fingerprint density at radius 3 is 2.56 bits per heavy atom. The predicted octanol–water partition coefficient (Wildman–Crippen LogP) is 2.96. The van der Waals surface area contributed by atoms with E-state index in [0.717, 1.165) is 40.9 Å². The molecule has 2 saturated heterocycles. The quantitative estimate of drug-likeness (QED) is 0.401. The number of halogens is 2. The number of benzene rings is 2. The van der Waals surface area contributed by atoms with Gasteiger partial charge in [0.2, 0.25) is 0 Å². The lowest BCUT2D eigenvalue weighted by Gasteiger charge is -2.47. The first-order valence-electron chi connectivity index (χ1n) is 12.5. The number of hydrogen-bond acceptors (Lipinski definition) is 8. The Kier molecular flexibility index (Phi) is 7.89. The summed E-state index contributed by atoms with van der Waals surface area (Å²) in [4.78, 5) is 34.9. The van der Waals surface area contributed by atoms with Crippen LogP contribution in [-0.2, 0) is 16.4 Å². The van der Waals surface area contributed by atoms with Crippen LogP contribution >= 0.6 is 27.5 Å². The lowest BCUT2D eigenvalue weighted by Crippen LogP contribution is -2.63. The van der Waals surface area contributed by atoms with Gasteiger partial charge in [0, 0.05) is 61.4 Å². The van der Waals surface area contributed by atoms with E-state index in [0.29, 0.717) is 41.6 Å². The van der Waals surface area contributed by atoms with Gasteiger partial charge in [-0.25, -0.2) is 22.9 Å². The Hall–Kier alpha value is -2.71. The number of likely N-dealkylation sites (tertiary alicyclic amines) is 1. The lowest BCUT2D eigenvalue weighted by atomic mass is 10.1. The highest BCUT2D eigenvalue weighted by atomic mass is 79.9. The number of fused-ring (bicyclic) bond motifs is 1. The minimum Gasteiger partial charge on any atom is -0.465 e. The fraction of sp³-hybridized carbons (Fsp3) is 0.400. The number of nitrogens with one attached hydrogen (secondary N) is 1. The number of anilines is 1. The molecule has 0 atom stereocenters. The zero-order chi connectivity index (χ0) is 27.9. The molecule has 0 spiro atoms. The highest BCUT2D eigenvalue weighted by Crippen LogP contribution is 2.27. The zero-order valence-electron chi connectivity index (χ0n) is 21.2. The summed E-state index contributed by atoms with van der Waals surface area (Å²) in [6.07, 6.45) is 0.476. The van der Waals surface area contributed by atoms with Crippen molar-refractivity contribution in [1.82, 2.24) is 24.4 Å². The van der Waals surface area contributed by atoms with Gasteiger partial charge in [-0.2, -0.15) is 0 Å². The molecule has 1 aromatic heterocycles. The van der Waals surface area contributed by atoms with Gasteiger partial charge in [-0.3, -0.25) is 20.0 Å². The van der Waals surface area contributed by atoms with E-state index in [1.54, 1.807) is 13.0 Å². The van der Waals surface area contributed by atoms with Crippen LogP contribution in [0, 0.1) is 0 Å². The van der Waals surface area contributed by atoms with Crippen LogP contribution in [0.15, 0.2) is 50.8 Å². The number of hydrogen-bond donors (Lipinski definition) is 2. The lowest BCUT2D eigenvalue weighted by molar-refractivity contribution is 0.00952. The fourth-order valence-electron chi connectivity index (χ4n) is 4.90. The molecule has 1 amide bonds. The Bertz CT molecular complexity index is 1590. The molecular formula is C25H28BrClN6O5S. The number of piperazine rings is 1. The Morgan fingerprint density at radius 2 is 1.90 bits per heavy atom. The molecule has 0 saturated carbocycles. The molecule has 5 rings (SSSR count). The monoisotopic (exact) mass is 638 g/mol. The molecule has 208 valence electrons. The van der Waals surface area contributed by atoms with Crippen molar-refractivity contribution in [2.45, 2.75) is 24.4 Å². The van der Waals surface area contributed by atoms with Gasteiger partial charge in [-0.1, -0.05) is 34.5 Å². The third-order valence-electron chi connectivity index (χ3n) is 7.27. The van der Waals surface area contributed by atoms with E-state index in [1.165, 1.54) is 29.4 Å². The molecule has 2 aromatic carbocycles. The van der Waals surface area contributed by atoms with Crippen molar-refractivity contribution >= 4 is 60.1 Å². The average Bonchev–Trinajstić information content (AvgIpc) is 2.86. The second-order valence-electron chi connectivity index (χ2n) is 9.69. The van der Waals surface area contributed by atoms with Gasteiger partial charge in [0.05, 0.1) is 27.2 Å². The molecule has 39 heavy (non-hydrogen) atoms. The minimum atomic E-state index is -3.56.